The average Bonchev–Trinajstić information content (AvgIpc) is 3.13. The van der Waals surface area contributed by atoms with E-state index < -0.39 is 0 Å². The third-order valence-corrected chi connectivity index (χ3v) is 3.97. The summed E-state index contributed by atoms with van der Waals surface area (Å²) in [6.45, 7) is 2.09. The number of nitrogens with zero attached hydrogens (tertiary/aromatic N) is 1. The smallest absolute Gasteiger partial charge is 0.338 e. The number of hydrogen-bond donors (Lipinski definition) is 3. The molecule has 2 aromatic rings. The topological polar surface area (TPSA) is 92.3 Å². The van der Waals surface area contributed by atoms with Crippen molar-refractivity contribution in [3.63, 3.8) is 0 Å². The molecular weight excluding hydrogens is 320 g/mol. The van der Waals surface area contributed by atoms with Crippen LogP contribution in [0.1, 0.15) is 35.3 Å². The van der Waals surface area contributed by atoms with Crippen molar-refractivity contribution in [2.75, 3.05) is 11.9 Å². The summed E-state index contributed by atoms with van der Waals surface area (Å²) in [6.07, 6.45) is 4.13. The number of hydrogen-bond acceptors (Lipinski definition) is 6. The van der Waals surface area contributed by atoms with E-state index in [9.17, 15) is 9.59 Å². The van der Waals surface area contributed by atoms with E-state index >= 15 is 0 Å². The minimum Gasteiger partial charge on any atom is -0.462 e. The Labute approximate surface area is 145 Å². The van der Waals surface area contributed by atoms with Gasteiger partial charge in [0.25, 0.3) is 0 Å². The van der Waals surface area contributed by atoms with Crippen LogP contribution < -0.4 is 16.2 Å². The number of hydrazine groups is 1. The number of carbonyl (C=O) groups excluding carboxylic acids is 2. The standard InChI is InChI=1S/C18H20N4O3/c1-2-25-18(24)12-5-7-14(8-6-12)20-17(23)16-10-15(21-22-16)13-4-3-9-19-11-13/h3-9,11,15-16,21-22H,2,10H2,1H3,(H,20,23). The molecule has 7 heteroatoms. The third-order valence-electron chi connectivity index (χ3n) is 3.97. The lowest BCUT2D eigenvalue weighted by atomic mass is 10.0. The number of nitrogens with one attached hydrogen (secondary N) is 3. The number of pyridine rings is 1. The predicted octanol–water partition coefficient (Wildman–Crippen LogP) is 1.80. The van der Waals surface area contributed by atoms with Crippen LogP contribution in [0, 0.1) is 0 Å². The zero-order chi connectivity index (χ0) is 17.6. The highest BCUT2D eigenvalue weighted by Crippen LogP contribution is 2.22. The van der Waals surface area contributed by atoms with Gasteiger partial charge in [-0.15, -0.1) is 0 Å². The number of amides is 1. The minimum atomic E-state index is -0.374. The first-order valence-electron chi connectivity index (χ1n) is 8.16. The van der Waals surface area contributed by atoms with Crippen LogP contribution in [0.5, 0.6) is 0 Å². The normalized spacial score (nSPS) is 19.4. The van der Waals surface area contributed by atoms with Crippen LogP contribution in [-0.2, 0) is 9.53 Å². The average molecular weight is 340 g/mol. The molecule has 1 aromatic carbocycles. The van der Waals surface area contributed by atoms with E-state index in [1.165, 1.54) is 0 Å². The molecule has 1 aliphatic heterocycles. The van der Waals surface area contributed by atoms with Crippen molar-refractivity contribution < 1.29 is 14.3 Å². The molecule has 2 unspecified atom stereocenters. The van der Waals surface area contributed by atoms with Gasteiger partial charge in [0.2, 0.25) is 5.91 Å². The Morgan fingerprint density at radius 1 is 1.24 bits per heavy atom. The Hall–Kier alpha value is -2.77. The van der Waals surface area contributed by atoms with E-state index in [0.29, 0.717) is 24.3 Å². The van der Waals surface area contributed by atoms with Crippen LogP contribution in [0.25, 0.3) is 0 Å². The van der Waals surface area contributed by atoms with Crippen LogP contribution in [0.4, 0.5) is 5.69 Å². The van der Waals surface area contributed by atoms with Crippen LogP contribution in [-0.4, -0.2) is 29.5 Å². The number of aromatic nitrogens is 1. The molecule has 130 valence electrons. The zero-order valence-corrected chi connectivity index (χ0v) is 13.9. The predicted molar refractivity (Wildman–Crippen MR) is 92.7 cm³/mol. The fourth-order valence-electron chi connectivity index (χ4n) is 2.66. The van der Waals surface area contributed by atoms with Crippen LogP contribution >= 0.6 is 0 Å². The number of carbonyl (C=O) groups is 2. The maximum Gasteiger partial charge on any atom is 0.338 e. The van der Waals surface area contributed by atoms with E-state index in [-0.39, 0.29) is 24.0 Å². The summed E-state index contributed by atoms with van der Waals surface area (Å²) in [5, 5.41) is 2.84. The number of anilines is 1. The molecule has 1 amide bonds. The SMILES string of the molecule is CCOC(=O)c1ccc(NC(=O)C2CC(c3cccnc3)NN2)cc1. The molecule has 25 heavy (non-hydrogen) atoms. The van der Waals surface area contributed by atoms with Gasteiger partial charge in [-0.25, -0.2) is 15.6 Å². The molecule has 0 aliphatic carbocycles. The van der Waals surface area contributed by atoms with E-state index in [1.807, 2.05) is 12.1 Å². The molecule has 0 radical (unpaired) electrons. The summed E-state index contributed by atoms with van der Waals surface area (Å²) < 4.78 is 4.93. The molecule has 2 heterocycles. The summed E-state index contributed by atoms with van der Waals surface area (Å²) >= 11 is 0. The van der Waals surface area contributed by atoms with E-state index in [0.717, 1.165) is 5.56 Å². The first kappa shape index (κ1) is 17.1. The Morgan fingerprint density at radius 2 is 2.04 bits per heavy atom. The molecular formula is C18H20N4O3. The van der Waals surface area contributed by atoms with Gasteiger partial charge < -0.3 is 10.1 Å². The highest BCUT2D eigenvalue weighted by Gasteiger charge is 2.30. The Morgan fingerprint density at radius 3 is 2.72 bits per heavy atom. The van der Waals surface area contributed by atoms with Gasteiger partial charge in [-0.1, -0.05) is 6.07 Å². The summed E-state index contributed by atoms with van der Waals surface area (Å²) in [4.78, 5) is 28.1. The van der Waals surface area contributed by atoms with E-state index in [2.05, 4.69) is 21.2 Å². The summed E-state index contributed by atoms with van der Waals surface area (Å²) in [7, 11) is 0. The van der Waals surface area contributed by atoms with E-state index in [4.69, 9.17) is 4.74 Å². The lowest BCUT2D eigenvalue weighted by Crippen LogP contribution is -2.39. The van der Waals surface area contributed by atoms with Gasteiger partial charge in [0.15, 0.2) is 0 Å². The van der Waals surface area contributed by atoms with Crippen molar-refractivity contribution in [3.8, 4) is 0 Å². The van der Waals surface area contributed by atoms with Gasteiger partial charge in [-0.3, -0.25) is 9.78 Å². The fourth-order valence-corrected chi connectivity index (χ4v) is 2.66. The van der Waals surface area contributed by atoms with Gasteiger partial charge in [-0.05, 0) is 49.2 Å². The van der Waals surface area contributed by atoms with Crippen molar-refractivity contribution in [3.05, 3.63) is 59.9 Å². The highest BCUT2D eigenvalue weighted by molar-refractivity contribution is 5.96. The molecule has 1 fully saturated rings. The minimum absolute atomic E-state index is 0.0376. The zero-order valence-electron chi connectivity index (χ0n) is 13.9. The van der Waals surface area contributed by atoms with Crippen molar-refractivity contribution in [1.29, 1.82) is 0 Å². The Balaban J connectivity index is 1.57. The summed E-state index contributed by atoms with van der Waals surface area (Å²) in [5.74, 6) is -0.510. The monoisotopic (exact) mass is 340 g/mol. The summed E-state index contributed by atoms with van der Waals surface area (Å²) in [5.41, 5.74) is 8.24. The molecule has 0 saturated carbocycles. The van der Waals surface area contributed by atoms with Crippen LogP contribution in [0.2, 0.25) is 0 Å². The molecule has 7 nitrogen and oxygen atoms in total. The Bertz CT molecular complexity index is 734. The first-order chi connectivity index (χ1) is 12.2. The molecule has 2 atom stereocenters. The van der Waals surface area contributed by atoms with Gasteiger partial charge >= 0.3 is 5.97 Å². The van der Waals surface area contributed by atoms with E-state index in [1.54, 1.807) is 43.6 Å². The molecule has 0 bridgehead atoms. The number of benzene rings is 1. The largest absolute Gasteiger partial charge is 0.462 e. The number of esters is 1. The second kappa shape index (κ2) is 7.87. The van der Waals surface area contributed by atoms with Gasteiger partial charge in [0.05, 0.1) is 12.2 Å². The molecule has 0 spiro atoms. The molecule has 1 aliphatic rings. The Kier molecular flexibility index (Phi) is 5.37. The maximum absolute atomic E-state index is 12.4. The van der Waals surface area contributed by atoms with Gasteiger partial charge in [-0.2, -0.15) is 0 Å². The molecule has 3 rings (SSSR count). The fraction of sp³-hybridized carbons (Fsp3) is 0.278. The molecule has 1 saturated heterocycles. The number of rotatable bonds is 5. The van der Waals surface area contributed by atoms with Crippen molar-refractivity contribution in [1.82, 2.24) is 15.8 Å². The van der Waals surface area contributed by atoms with Crippen molar-refractivity contribution >= 4 is 17.6 Å². The third kappa shape index (κ3) is 4.20. The molecule has 3 N–H and O–H groups in total. The maximum atomic E-state index is 12.4. The van der Waals surface area contributed by atoms with Gasteiger partial charge in [0, 0.05) is 24.1 Å². The first-order valence-corrected chi connectivity index (χ1v) is 8.16. The summed E-state index contributed by atoms with van der Waals surface area (Å²) in [6, 6.07) is 10.2. The second-order valence-electron chi connectivity index (χ2n) is 5.70. The quantitative estimate of drug-likeness (QED) is 0.719. The van der Waals surface area contributed by atoms with Crippen molar-refractivity contribution in [2.24, 2.45) is 0 Å². The lowest BCUT2D eigenvalue weighted by Gasteiger charge is -2.11. The van der Waals surface area contributed by atoms with Crippen LogP contribution in [0.15, 0.2) is 48.8 Å². The lowest BCUT2D eigenvalue weighted by molar-refractivity contribution is -0.117. The van der Waals surface area contributed by atoms with Crippen LogP contribution in [0.3, 0.4) is 0 Å². The molecule has 1 aromatic heterocycles. The number of ether oxygens (including phenoxy) is 1. The van der Waals surface area contributed by atoms with Crippen molar-refractivity contribution in [2.45, 2.75) is 25.4 Å². The van der Waals surface area contributed by atoms with Gasteiger partial charge in [0.1, 0.15) is 6.04 Å². The highest BCUT2D eigenvalue weighted by atomic mass is 16.5. The second-order valence-corrected chi connectivity index (χ2v) is 5.70.